The summed E-state index contributed by atoms with van der Waals surface area (Å²) in [5.41, 5.74) is 2.61. The number of rotatable bonds is 4. The minimum atomic E-state index is -0.311. The monoisotopic (exact) mass is 341 g/mol. The second-order valence-electron chi connectivity index (χ2n) is 5.41. The minimum absolute atomic E-state index is 0.311. The Labute approximate surface area is 144 Å². The van der Waals surface area contributed by atoms with Crippen LogP contribution in [0, 0.1) is 10.6 Å². The maximum absolute atomic E-state index is 13.2. The van der Waals surface area contributed by atoms with Gasteiger partial charge in [-0.2, -0.15) is 14.9 Å². The molecule has 0 spiro atoms. The van der Waals surface area contributed by atoms with Crippen LogP contribution in [0.3, 0.4) is 0 Å². The van der Waals surface area contributed by atoms with Crippen molar-refractivity contribution in [3.8, 4) is 11.4 Å². The minimum Gasteiger partial charge on any atom is -0.378 e. The number of benzene rings is 2. The van der Waals surface area contributed by atoms with E-state index in [4.69, 9.17) is 12.2 Å². The van der Waals surface area contributed by atoms with Crippen molar-refractivity contribution >= 4 is 24.1 Å². The van der Waals surface area contributed by atoms with Gasteiger partial charge >= 0.3 is 0 Å². The van der Waals surface area contributed by atoms with E-state index in [9.17, 15) is 4.39 Å². The van der Waals surface area contributed by atoms with Crippen molar-refractivity contribution in [1.82, 2.24) is 14.9 Å². The molecule has 3 aromatic rings. The Morgan fingerprint density at radius 2 is 1.96 bits per heavy atom. The van der Waals surface area contributed by atoms with E-state index in [2.05, 4.69) is 15.3 Å². The third-order valence-electron chi connectivity index (χ3n) is 3.46. The van der Waals surface area contributed by atoms with Crippen LogP contribution >= 0.6 is 12.2 Å². The molecule has 0 amide bonds. The first kappa shape index (κ1) is 16.1. The molecule has 0 saturated carbocycles. The zero-order valence-electron chi connectivity index (χ0n) is 13.3. The predicted octanol–water partition coefficient (Wildman–Crippen LogP) is 3.69. The zero-order chi connectivity index (χ0) is 17.1. The summed E-state index contributed by atoms with van der Waals surface area (Å²) in [7, 11) is 3.96. The van der Waals surface area contributed by atoms with Crippen LogP contribution in [0.4, 0.5) is 10.1 Å². The number of aromatic nitrogens is 3. The Morgan fingerprint density at radius 1 is 1.21 bits per heavy atom. The molecule has 24 heavy (non-hydrogen) atoms. The quantitative estimate of drug-likeness (QED) is 0.581. The Hall–Kier alpha value is -2.80. The number of nitrogens with one attached hydrogen (secondary N) is 1. The molecule has 0 bridgehead atoms. The van der Waals surface area contributed by atoms with Gasteiger partial charge in [-0.3, -0.25) is 0 Å². The van der Waals surface area contributed by atoms with Crippen molar-refractivity contribution in [2.24, 2.45) is 5.10 Å². The largest absolute Gasteiger partial charge is 0.378 e. The topological polar surface area (TPSA) is 49.2 Å². The summed E-state index contributed by atoms with van der Waals surface area (Å²) in [6.07, 6.45) is 1.55. The van der Waals surface area contributed by atoms with E-state index in [-0.39, 0.29) is 5.82 Å². The predicted molar refractivity (Wildman–Crippen MR) is 96.6 cm³/mol. The highest BCUT2D eigenvalue weighted by Crippen LogP contribution is 2.21. The zero-order valence-corrected chi connectivity index (χ0v) is 14.1. The van der Waals surface area contributed by atoms with E-state index < -0.39 is 0 Å². The van der Waals surface area contributed by atoms with Gasteiger partial charge in [0, 0.05) is 25.3 Å². The van der Waals surface area contributed by atoms with Crippen molar-refractivity contribution in [2.45, 2.75) is 0 Å². The fourth-order valence-corrected chi connectivity index (χ4v) is 2.38. The van der Waals surface area contributed by atoms with Crippen LogP contribution in [0.15, 0.2) is 53.6 Å². The summed E-state index contributed by atoms with van der Waals surface area (Å²) in [5.74, 6) is 0.284. The van der Waals surface area contributed by atoms with Gasteiger partial charge in [0.05, 0.1) is 6.21 Å². The maximum Gasteiger partial charge on any atom is 0.216 e. The van der Waals surface area contributed by atoms with Gasteiger partial charge in [0.2, 0.25) is 4.77 Å². The first-order valence-corrected chi connectivity index (χ1v) is 7.70. The van der Waals surface area contributed by atoms with Gasteiger partial charge < -0.3 is 4.90 Å². The highest BCUT2D eigenvalue weighted by molar-refractivity contribution is 7.71. The number of nitrogens with zero attached hydrogens (tertiary/aromatic N) is 4. The SMILES string of the molecule is CN(C)c1ccc(-c2n[nH]c(=S)n2N=Cc2cccc(F)c2)cc1. The Kier molecular flexibility index (Phi) is 4.52. The van der Waals surface area contributed by atoms with Crippen molar-refractivity contribution < 1.29 is 4.39 Å². The summed E-state index contributed by atoms with van der Waals surface area (Å²) in [6.45, 7) is 0. The molecule has 122 valence electrons. The van der Waals surface area contributed by atoms with Gasteiger partial charge in [-0.25, -0.2) is 9.49 Å². The molecule has 0 atom stereocenters. The fraction of sp³-hybridized carbons (Fsp3) is 0.118. The first-order chi connectivity index (χ1) is 11.5. The lowest BCUT2D eigenvalue weighted by Gasteiger charge is -2.12. The lowest BCUT2D eigenvalue weighted by molar-refractivity contribution is 0.627. The highest BCUT2D eigenvalue weighted by Gasteiger charge is 2.08. The average molecular weight is 341 g/mol. The summed E-state index contributed by atoms with van der Waals surface area (Å²) < 4.78 is 15.1. The van der Waals surface area contributed by atoms with Crippen molar-refractivity contribution in [1.29, 1.82) is 0 Å². The van der Waals surface area contributed by atoms with Gasteiger partial charge in [0.25, 0.3) is 0 Å². The standard InChI is InChI=1S/C17H16FN5S/c1-22(2)15-8-6-13(7-9-15)16-20-21-17(24)23(16)19-11-12-4-3-5-14(18)10-12/h3-11H,1-2H3,(H,21,24). The molecule has 7 heteroatoms. The van der Waals surface area contributed by atoms with E-state index >= 15 is 0 Å². The van der Waals surface area contributed by atoms with Crippen LogP contribution in [-0.2, 0) is 0 Å². The first-order valence-electron chi connectivity index (χ1n) is 7.30. The number of hydrogen-bond acceptors (Lipinski definition) is 4. The molecule has 0 aliphatic carbocycles. The third-order valence-corrected chi connectivity index (χ3v) is 3.73. The van der Waals surface area contributed by atoms with Crippen molar-refractivity contribution in [2.75, 3.05) is 19.0 Å². The molecule has 0 aliphatic rings. The number of anilines is 1. The maximum atomic E-state index is 13.2. The second kappa shape index (κ2) is 6.76. The number of aromatic amines is 1. The molecule has 0 radical (unpaired) electrons. The second-order valence-corrected chi connectivity index (χ2v) is 5.79. The van der Waals surface area contributed by atoms with Gasteiger partial charge in [-0.05, 0) is 54.2 Å². The molecule has 1 aromatic heterocycles. The van der Waals surface area contributed by atoms with E-state index in [1.54, 1.807) is 18.3 Å². The lowest BCUT2D eigenvalue weighted by atomic mass is 10.2. The van der Waals surface area contributed by atoms with Gasteiger partial charge in [-0.15, -0.1) is 0 Å². The molecule has 1 N–H and O–H groups in total. The molecule has 1 heterocycles. The summed E-state index contributed by atoms with van der Waals surface area (Å²) in [5, 5.41) is 11.3. The summed E-state index contributed by atoms with van der Waals surface area (Å²) >= 11 is 5.23. The van der Waals surface area contributed by atoms with Crippen LogP contribution in [0.1, 0.15) is 5.56 Å². The number of hydrogen-bond donors (Lipinski definition) is 1. The van der Waals surface area contributed by atoms with E-state index in [0.717, 1.165) is 11.3 Å². The molecule has 0 saturated heterocycles. The Bertz CT molecular complexity index is 925. The molecule has 0 fully saturated rings. The molecule has 2 aromatic carbocycles. The number of halogens is 1. The van der Waals surface area contributed by atoms with Crippen LogP contribution < -0.4 is 4.90 Å². The van der Waals surface area contributed by atoms with E-state index in [1.165, 1.54) is 16.8 Å². The molecular weight excluding hydrogens is 325 g/mol. The molecule has 0 unspecified atom stereocenters. The highest BCUT2D eigenvalue weighted by atomic mass is 32.1. The Balaban J connectivity index is 1.95. The van der Waals surface area contributed by atoms with E-state index in [0.29, 0.717) is 16.2 Å². The van der Waals surface area contributed by atoms with E-state index in [1.807, 2.05) is 43.3 Å². The molecule has 0 aliphatic heterocycles. The smallest absolute Gasteiger partial charge is 0.216 e. The fourth-order valence-electron chi connectivity index (χ4n) is 2.21. The lowest BCUT2D eigenvalue weighted by Crippen LogP contribution is -2.08. The van der Waals surface area contributed by atoms with Crippen LogP contribution in [0.25, 0.3) is 11.4 Å². The van der Waals surface area contributed by atoms with Crippen LogP contribution in [0.2, 0.25) is 0 Å². The number of H-pyrrole nitrogens is 1. The molecule has 5 nitrogen and oxygen atoms in total. The van der Waals surface area contributed by atoms with Crippen molar-refractivity contribution in [3.63, 3.8) is 0 Å². The molecule has 3 rings (SSSR count). The Morgan fingerprint density at radius 3 is 2.62 bits per heavy atom. The van der Waals surface area contributed by atoms with Gasteiger partial charge in [0.15, 0.2) is 5.82 Å². The van der Waals surface area contributed by atoms with Crippen molar-refractivity contribution in [3.05, 3.63) is 64.7 Å². The van der Waals surface area contributed by atoms with Crippen LogP contribution in [-0.4, -0.2) is 35.2 Å². The molecular formula is C17H16FN5S. The van der Waals surface area contributed by atoms with Crippen LogP contribution in [0.5, 0.6) is 0 Å². The van der Waals surface area contributed by atoms with Gasteiger partial charge in [0.1, 0.15) is 5.82 Å². The van der Waals surface area contributed by atoms with Gasteiger partial charge in [-0.1, -0.05) is 12.1 Å². The average Bonchev–Trinajstić information content (AvgIpc) is 2.94. The normalized spacial score (nSPS) is 11.1. The third kappa shape index (κ3) is 3.41. The summed E-state index contributed by atoms with van der Waals surface area (Å²) in [4.78, 5) is 2.02. The summed E-state index contributed by atoms with van der Waals surface area (Å²) in [6, 6.07) is 14.1.